The minimum absolute atomic E-state index is 0.101. The van der Waals surface area contributed by atoms with Crippen LogP contribution in [-0.4, -0.2) is 21.1 Å². The molecule has 1 aliphatic rings. The molecular weight excluding hydrogens is 294 g/mol. The summed E-state index contributed by atoms with van der Waals surface area (Å²) in [6, 6.07) is 0. The van der Waals surface area contributed by atoms with Gasteiger partial charge in [0.05, 0.1) is 10.6 Å². The molecule has 106 valence electrons. The largest absolute Gasteiger partial charge is 0.369 e. The number of H-pyrrole nitrogens is 1. The zero-order valence-corrected chi connectivity index (χ0v) is 12.7. The molecule has 1 aliphatic carbocycles. The highest BCUT2D eigenvalue weighted by atomic mass is 32.2. The average molecular weight is 309 g/mol. The summed E-state index contributed by atoms with van der Waals surface area (Å²) in [5.41, 5.74) is 6.39. The van der Waals surface area contributed by atoms with Crippen molar-refractivity contribution in [3.8, 4) is 0 Å². The lowest BCUT2D eigenvalue weighted by Crippen LogP contribution is -2.25. The molecular formula is C13H15N3O2S2. The van der Waals surface area contributed by atoms with Crippen molar-refractivity contribution in [1.29, 1.82) is 0 Å². The normalized spacial score (nSPS) is 15.4. The summed E-state index contributed by atoms with van der Waals surface area (Å²) in [6.07, 6.45) is 3.73. The second-order valence-corrected chi connectivity index (χ2v) is 7.10. The number of carbonyl (C=O) groups excluding carboxylic acids is 1. The van der Waals surface area contributed by atoms with E-state index in [4.69, 9.17) is 5.73 Å². The lowest BCUT2D eigenvalue weighted by atomic mass is 10.2. The van der Waals surface area contributed by atoms with Gasteiger partial charge in [-0.1, -0.05) is 18.7 Å². The SMILES string of the molecule is CCC(Sc1nc2sc3c(c2c(=O)[nH]1)CCC3)C(N)=O. The highest BCUT2D eigenvalue weighted by Crippen LogP contribution is 2.35. The van der Waals surface area contributed by atoms with Crippen LogP contribution in [0.1, 0.15) is 30.2 Å². The molecule has 7 heteroatoms. The molecule has 3 N–H and O–H groups in total. The smallest absolute Gasteiger partial charge is 0.260 e. The Bertz CT molecular complexity index is 735. The number of nitrogens with one attached hydrogen (secondary N) is 1. The van der Waals surface area contributed by atoms with Crippen LogP contribution in [0.4, 0.5) is 0 Å². The zero-order chi connectivity index (χ0) is 14.3. The molecule has 1 amide bonds. The number of nitrogens with two attached hydrogens (primary N) is 1. The van der Waals surface area contributed by atoms with E-state index in [0.29, 0.717) is 11.6 Å². The van der Waals surface area contributed by atoms with Gasteiger partial charge >= 0.3 is 0 Å². The van der Waals surface area contributed by atoms with Crippen LogP contribution in [0.5, 0.6) is 0 Å². The predicted octanol–water partition coefficient (Wildman–Crippen LogP) is 1.83. The van der Waals surface area contributed by atoms with Gasteiger partial charge in [-0.05, 0) is 31.2 Å². The average Bonchev–Trinajstić information content (AvgIpc) is 2.95. The van der Waals surface area contributed by atoms with Crippen LogP contribution in [0.2, 0.25) is 0 Å². The number of hydrogen-bond donors (Lipinski definition) is 2. The minimum atomic E-state index is -0.381. The molecule has 2 aromatic rings. The van der Waals surface area contributed by atoms with Gasteiger partial charge in [0.25, 0.3) is 5.56 Å². The molecule has 2 heterocycles. The Labute approximate surface area is 124 Å². The van der Waals surface area contributed by atoms with E-state index in [2.05, 4.69) is 9.97 Å². The van der Waals surface area contributed by atoms with E-state index in [1.54, 1.807) is 11.3 Å². The molecule has 0 saturated carbocycles. The van der Waals surface area contributed by atoms with Crippen LogP contribution in [0, 0.1) is 0 Å². The van der Waals surface area contributed by atoms with Crippen molar-refractivity contribution in [3.63, 3.8) is 0 Å². The topological polar surface area (TPSA) is 88.8 Å². The first-order valence-corrected chi connectivity index (χ1v) is 8.30. The number of hydrogen-bond acceptors (Lipinski definition) is 5. The number of primary amides is 1. The molecule has 0 saturated heterocycles. The van der Waals surface area contributed by atoms with E-state index in [-0.39, 0.29) is 16.7 Å². The third kappa shape index (κ3) is 2.25. The predicted molar refractivity (Wildman–Crippen MR) is 81.4 cm³/mol. The van der Waals surface area contributed by atoms with Crippen LogP contribution < -0.4 is 11.3 Å². The second kappa shape index (κ2) is 5.21. The molecule has 0 spiro atoms. The van der Waals surface area contributed by atoms with Crippen molar-refractivity contribution in [2.24, 2.45) is 5.73 Å². The Morgan fingerprint density at radius 1 is 1.55 bits per heavy atom. The van der Waals surface area contributed by atoms with Crippen LogP contribution in [0.3, 0.4) is 0 Å². The van der Waals surface area contributed by atoms with Crippen molar-refractivity contribution >= 4 is 39.2 Å². The summed E-state index contributed by atoms with van der Waals surface area (Å²) in [7, 11) is 0. The molecule has 1 unspecified atom stereocenters. The summed E-state index contributed by atoms with van der Waals surface area (Å²) in [4.78, 5) is 32.8. The number of carbonyl (C=O) groups is 1. The molecule has 20 heavy (non-hydrogen) atoms. The summed E-state index contributed by atoms with van der Waals surface area (Å²) in [5, 5.41) is 0.856. The van der Waals surface area contributed by atoms with Gasteiger partial charge < -0.3 is 10.7 Å². The Morgan fingerprint density at radius 2 is 2.35 bits per heavy atom. The number of nitrogens with zero attached hydrogens (tertiary/aromatic N) is 1. The van der Waals surface area contributed by atoms with Gasteiger partial charge in [-0.3, -0.25) is 9.59 Å². The van der Waals surface area contributed by atoms with Gasteiger partial charge in [0.1, 0.15) is 4.83 Å². The molecule has 1 atom stereocenters. The van der Waals surface area contributed by atoms with Crippen molar-refractivity contribution in [2.75, 3.05) is 0 Å². The number of thiophene rings is 1. The van der Waals surface area contributed by atoms with Crippen LogP contribution in [-0.2, 0) is 17.6 Å². The highest BCUT2D eigenvalue weighted by molar-refractivity contribution is 8.00. The van der Waals surface area contributed by atoms with E-state index in [1.165, 1.54) is 16.6 Å². The summed E-state index contributed by atoms with van der Waals surface area (Å²) < 4.78 is 0. The Morgan fingerprint density at radius 3 is 3.05 bits per heavy atom. The quantitative estimate of drug-likeness (QED) is 0.666. The number of aromatic nitrogens is 2. The zero-order valence-electron chi connectivity index (χ0n) is 11.1. The minimum Gasteiger partial charge on any atom is -0.369 e. The molecule has 0 aromatic carbocycles. The molecule has 0 radical (unpaired) electrons. The van der Waals surface area contributed by atoms with Gasteiger partial charge in [0.2, 0.25) is 5.91 Å². The van der Waals surface area contributed by atoms with Crippen LogP contribution in [0.15, 0.2) is 9.95 Å². The van der Waals surface area contributed by atoms with E-state index >= 15 is 0 Å². The monoisotopic (exact) mass is 309 g/mol. The first kappa shape index (κ1) is 13.6. The third-order valence-electron chi connectivity index (χ3n) is 3.50. The van der Waals surface area contributed by atoms with E-state index in [0.717, 1.165) is 35.0 Å². The standard InChI is InChI=1S/C13H15N3O2S2/c1-2-7(10(14)17)20-13-15-11(18)9-6-4-3-5-8(6)19-12(9)16-13/h7H,2-5H2,1H3,(H2,14,17)(H,15,16,18). The van der Waals surface area contributed by atoms with E-state index in [9.17, 15) is 9.59 Å². The van der Waals surface area contributed by atoms with Crippen LogP contribution >= 0.6 is 23.1 Å². The number of thioether (sulfide) groups is 1. The fraction of sp³-hybridized carbons (Fsp3) is 0.462. The summed E-state index contributed by atoms with van der Waals surface area (Å²) in [5.74, 6) is -0.381. The fourth-order valence-electron chi connectivity index (χ4n) is 2.52. The molecule has 0 bridgehead atoms. The number of aromatic amines is 1. The van der Waals surface area contributed by atoms with Gasteiger partial charge in [-0.25, -0.2) is 4.98 Å². The first-order chi connectivity index (χ1) is 9.60. The Balaban J connectivity index is 2.03. The molecule has 0 aliphatic heterocycles. The van der Waals surface area contributed by atoms with Crippen molar-refractivity contribution < 1.29 is 4.79 Å². The lowest BCUT2D eigenvalue weighted by Gasteiger charge is -2.08. The maximum Gasteiger partial charge on any atom is 0.260 e. The van der Waals surface area contributed by atoms with Crippen molar-refractivity contribution in [3.05, 3.63) is 20.8 Å². The fourth-order valence-corrected chi connectivity index (χ4v) is 4.68. The number of amides is 1. The number of aryl methyl sites for hydroxylation is 2. The Hall–Kier alpha value is -1.34. The van der Waals surface area contributed by atoms with Gasteiger partial charge in [0.15, 0.2) is 5.16 Å². The summed E-state index contributed by atoms with van der Waals surface area (Å²) in [6.45, 7) is 1.89. The first-order valence-electron chi connectivity index (χ1n) is 6.60. The molecule has 5 nitrogen and oxygen atoms in total. The summed E-state index contributed by atoms with van der Waals surface area (Å²) >= 11 is 2.83. The Kier molecular flexibility index (Phi) is 3.55. The van der Waals surface area contributed by atoms with E-state index < -0.39 is 0 Å². The van der Waals surface area contributed by atoms with Gasteiger partial charge in [-0.15, -0.1) is 11.3 Å². The second-order valence-electron chi connectivity index (χ2n) is 4.83. The van der Waals surface area contributed by atoms with Gasteiger partial charge in [0, 0.05) is 4.88 Å². The van der Waals surface area contributed by atoms with Gasteiger partial charge in [-0.2, -0.15) is 0 Å². The maximum absolute atomic E-state index is 12.2. The van der Waals surface area contributed by atoms with Crippen molar-refractivity contribution in [1.82, 2.24) is 9.97 Å². The number of rotatable bonds is 4. The molecule has 3 rings (SSSR count). The lowest BCUT2D eigenvalue weighted by molar-refractivity contribution is -0.117. The van der Waals surface area contributed by atoms with E-state index in [1.807, 2.05) is 6.92 Å². The number of fused-ring (bicyclic) bond motifs is 3. The molecule has 2 aromatic heterocycles. The third-order valence-corrected chi connectivity index (χ3v) is 5.95. The van der Waals surface area contributed by atoms with Crippen molar-refractivity contribution in [2.45, 2.75) is 43.0 Å². The highest BCUT2D eigenvalue weighted by Gasteiger charge is 2.22. The molecule has 0 fully saturated rings. The maximum atomic E-state index is 12.2. The van der Waals surface area contributed by atoms with Crippen LogP contribution in [0.25, 0.3) is 10.2 Å².